The van der Waals surface area contributed by atoms with E-state index in [1.807, 2.05) is 12.1 Å². The third-order valence-corrected chi connectivity index (χ3v) is 5.46. The van der Waals surface area contributed by atoms with E-state index in [0.717, 1.165) is 31.2 Å². The summed E-state index contributed by atoms with van der Waals surface area (Å²) in [6, 6.07) is 5.44. The van der Waals surface area contributed by atoms with Gasteiger partial charge in [-0.05, 0) is 36.5 Å². The van der Waals surface area contributed by atoms with Gasteiger partial charge in [0.05, 0.1) is 14.2 Å². The third kappa shape index (κ3) is 3.46. The van der Waals surface area contributed by atoms with Crippen LogP contribution in [0.5, 0.6) is 11.5 Å². The first kappa shape index (κ1) is 17.6. The predicted octanol–water partition coefficient (Wildman–Crippen LogP) is 3.09. The van der Waals surface area contributed by atoms with Crippen LogP contribution in [0.3, 0.4) is 0 Å². The average molecular weight is 344 g/mol. The second-order valence-electron chi connectivity index (χ2n) is 6.97. The number of hydrogen-bond donors (Lipinski definition) is 0. The molecule has 25 heavy (non-hydrogen) atoms. The van der Waals surface area contributed by atoms with Gasteiger partial charge in [0.1, 0.15) is 5.92 Å². The van der Waals surface area contributed by atoms with Crippen molar-refractivity contribution in [1.82, 2.24) is 0 Å². The highest BCUT2D eigenvalue weighted by atomic mass is 16.5. The molecular weight excluding hydrogens is 320 g/mol. The van der Waals surface area contributed by atoms with Crippen molar-refractivity contribution in [2.75, 3.05) is 14.2 Å². The highest BCUT2D eigenvalue weighted by molar-refractivity contribution is 6.21. The normalized spacial score (nSPS) is 24.4. The molecule has 0 radical (unpaired) electrons. The number of ketones is 3. The Hall–Kier alpha value is -2.17. The fraction of sp³-hybridized carbons (Fsp3) is 0.550. The number of rotatable bonds is 5. The van der Waals surface area contributed by atoms with Crippen molar-refractivity contribution in [1.29, 1.82) is 0 Å². The zero-order valence-corrected chi connectivity index (χ0v) is 14.7. The molecule has 2 aliphatic carbocycles. The molecule has 2 fully saturated rings. The molecule has 134 valence electrons. The summed E-state index contributed by atoms with van der Waals surface area (Å²) in [6.45, 7) is 0. The number of benzene rings is 1. The van der Waals surface area contributed by atoms with Gasteiger partial charge < -0.3 is 9.47 Å². The van der Waals surface area contributed by atoms with Crippen molar-refractivity contribution in [2.45, 2.75) is 44.4 Å². The zero-order chi connectivity index (χ0) is 18.0. The fourth-order valence-corrected chi connectivity index (χ4v) is 4.08. The minimum absolute atomic E-state index is 0.101. The topological polar surface area (TPSA) is 69.7 Å². The van der Waals surface area contributed by atoms with Crippen LogP contribution in [0.4, 0.5) is 0 Å². The molecule has 0 heterocycles. The van der Waals surface area contributed by atoms with Crippen LogP contribution in [0.15, 0.2) is 18.2 Å². The molecule has 1 aromatic rings. The molecule has 0 atom stereocenters. The molecule has 2 saturated carbocycles. The quantitative estimate of drug-likeness (QED) is 0.768. The van der Waals surface area contributed by atoms with Crippen molar-refractivity contribution >= 4 is 17.3 Å². The SMILES string of the molecule is COc1ccc(C2CC(=O)C(C(=O)C3CCCC3)C(=O)C2)cc1OC. The number of carbonyl (C=O) groups excluding carboxylic acids is 3. The standard InChI is InChI=1S/C20H24O5/c1-24-17-8-7-13(11-18(17)25-2)14-9-15(21)19(16(22)10-14)20(23)12-5-3-4-6-12/h7-8,11-12,14,19H,3-6,9-10H2,1-2H3. The zero-order valence-electron chi connectivity index (χ0n) is 14.7. The first-order chi connectivity index (χ1) is 12.0. The Morgan fingerprint density at radius 3 is 2.12 bits per heavy atom. The molecule has 0 amide bonds. The van der Waals surface area contributed by atoms with Gasteiger partial charge in [0.25, 0.3) is 0 Å². The van der Waals surface area contributed by atoms with Crippen LogP contribution in [-0.4, -0.2) is 31.6 Å². The lowest BCUT2D eigenvalue weighted by Gasteiger charge is -2.27. The van der Waals surface area contributed by atoms with Gasteiger partial charge in [-0.1, -0.05) is 18.9 Å². The van der Waals surface area contributed by atoms with Crippen LogP contribution in [0.25, 0.3) is 0 Å². The average Bonchev–Trinajstić information content (AvgIpc) is 3.15. The molecule has 0 unspecified atom stereocenters. The van der Waals surface area contributed by atoms with Gasteiger partial charge in [0.2, 0.25) is 0 Å². The number of methoxy groups -OCH3 is 2. The lowest BCUT2D eigenvalue weighted by molar-refractivity contribution is -0.144. The molecule has 0 aliphatic heterocycles. The van der Waals surface area contributed by atoms with E-state index in [4.69, 9.17) is 9.47 Å². The van der Waals surface area contributed by atoms with Gasteiger partial charge in [-0.25, -0.2) is 0 Å². The maximum absolute atomic E-state index is 12.6. The Bertz CT molecular complexity index is 669. The highest BCUT2D eigenvalue weighted by Gasteiger charge is 2.43. The van der Waals surface area contributed by atoms with Crippen molar-refractivity contribution in [3.8, 4) is 11.5 Å². The van der Waals surface area contributed by atoms with E-state index >= 15 is 0 Å². The van der Waals surface area contributed by atoms with E-state index in [2.05, 4.69) is 0 Å². The van der Waals surface area contributed by atoms with E-state index in [-0.39, 0.29) is 42.0 Å². The van der Waals surface area contributed by atoms with Crippen molar-refractivity contribution in [3.63, 3.8) is 0 Å². The third-order valence-electron chi connectivity index (χ3n) is 5.46. The summed E-state index contributed by atoms with van der Waals surface area (Å²) in [6.07, 6.45) is 4.11. The molecule has 1 aromatic carbocycles. The van der Waals surface area contributed by atoms with E-state index in [1.165, 1.54) is 0 Å². The Morgan fingerprint density at radius 2 is 1.56 bits per heavy atom. The van der Waals surface area contributed by atoms with Crippen LogP contribution in [-0.2, 0) is 14.4 Å². The monoisotopic (exact) mass is 344 g/mol. The Labute approximate surface area is 147 Å². The van der Waals surface area contributed by atoms with E-state index < -0.39 is 5.92 Å². The second-order valence-corrected chi connectivity index (χ2v) is 6.97. The van der Waals surface area contributed by atoms with Gasteiger partial charge in [0, 0.05) is 18.8 Å². The molecule has 5 heteroatoms. The summed E-state index contributed by atoms with van der Waals surface area (Å²) >= 11 is 0. The van der Waals surface area contributed by atoms with Gasteiger partial charge >= 0.3 is 0 Å². The van der Waals surface area contributed by atoms with Gasteiger partial charge in [0.15, 0.2) is 28.8 Å². The van der Waals surface area contributed by atoms with Crippen LogP contribution in [0.2, 0.25) is 0 Å². The summed E-state index contributed by atoms with van der Waals surface area (Å²) in [7, 11) is 3.11. The maximum Gasteiger partial charge on any atom is 0.160 e. The summed E-state index contributed by atoms with van der Waals surface area (Å²) in [5.74, 6) is -0.750. The van der Waals surface area contributed by atoms with Crippen LogP contribution in [0.1, 0.15) is 50.0 Å². The van der Waals surface area contributed by atoms with Gasteiger partial charge in [-0.2, -0.15) is 0 Å². The van der Waals surface area contributed by atoms with Crippen molar-refractivity contribution < 1.29 is 23.9 Å². The molecule has 0 aromatic heterocycles. The minimum Gasteiger partial charge on any atom is -0.493 e. The smallest absolute Gasteiger partial charge is 0.160 e. The fourth-order valence-electron chi connectivity index (χ4n) is 4.08. The Kier molecular flexibility index (Phi) is 5.21. The Morgan fingerprint density at radius 1 is 0.960 bits per heavy atom. The molecule has 0 spiro atoms. The van der Waals surface area contributed by atoms with Crippen molar-refractivity contribution in [2.24, 2.45) is 11.8 Å². The predicted molar refractivity (Wildman–Crippen MR) is 92.0 cm³/mol. The minimum atomic E-state index is -1.03. The molecular formula is C20H24O5. The largest absolute Gasteiger partial charge is 0.493 e. The van der Waals surface area contributed by atoms with Crippen LogP contribution in [0, 0.1) is 11.8 Å². The van der Waals surface area contributed by atoms with E-state index in [0.29, 0.717) is 11.5 Å². The van der Waals surface area contributed by atoms with Gasteiger partial charge in [-0.15, -0.1) is 0 Å². The van der Waals surface area contributed by atoms with Crippen LogP contribution >= 0.6 is 0 Å². The highest BCUT2D eigenvalue weighted by Crippen LogP contribution is 2.38. The summed E-state index contributed by atoms with van der Waals surface area (Å²) in [4.78, 5) is 37.7. The number of carbonyl (C=O) groups is 3. The lowest BCUT2D eigenvalue weighted by Crippen LogP contribution is -2.40. The summed E-state index contributed by atoms with van der Waals surface area (Å²) < 4.78 is 10.5. The van der Waals surface area contributed by atoms with Crippen LogP contribution < -0.4 is 9.47 Å². The van der Waals surface area contributed by atoms with E-state index in [1.54, 1.807) is 20.3 Å². The first-order valence-corrected chi connectivity index (χ1v) is 8.86. The van der Waals surface area contributed by atoms with E-state index in [9.17, 15) is 14.4 Å². The van der Waals surface area contributed by atoms with Crippen molar-refractivity contribution in [3.05, 3.63) is 23.8 Å². The number of Topliss-reactive ketones (excluding diaryl/α,β-unsaturated/α-hetero) is 3. The lowest BCUT2D eigenvalue weighted by atomic mass is 9.73. The molecule has 0 bridgehead atoms. The Balaban J connectivity index is 1.77. The molecule has 0 N–H and O–H groups in total. The first-order valence-electron chi connectivity index (χ1n) is 8.86. The molecule has 0 saturated heterocycles. The number of ether oxygens (including phenoxy) is 2. The molecule has 2 aliphatic rings. The molecule has 5 nitrogen and oxygen atoms in total. The van der Waals surface area contributed by atoms with Gasteiger partial charge in [-0.3, -0.25) is 14.4 Å². The maximum atomic E-state index is 12.6. The number of hydrogen-bond acceptors (Lipinski definition) is 5. The second kappa shape index (κ2) is 7.38. The summed E-state index contributed by atoms with van der Waals surface area (Å²) in [5.41, 5.74) is 0.867. The summed E-state index contributed by atoms with van der Waals surface area (Å²) in [5, 5.41) is 0. The molecule has 3 rings (SSSR count).